The van der Waals surface area contributed by atoms with Crippen LogP contribution in [0.1, 0.15) is 36.8 Å². The molecule has 1 N–H and O–H groups in total. The van der Waals surface area contributed by atoms with E-state index in [2.05, 4.69) is 34.5 Å². The van der Waals surface area contributed by atoms with Crippen molar-refractivity contribution in [1.29, 1.82) is 0 Å². The summed E-state index contributed by atoms with van der Waals surface area (Å²) in [5.41, 5.74) is 2.14. The fraction of sp³-hybridized carbons (Fsp3) is 0.423. The van der Waals surface area contributed by atoms with E-state index < -0.39 is 10.0 Å². The van der Waals surface area contributed by atoms with Crippen LogP contribution in [0.4, 0.5) is 0 Å². The Bertz CT molecular complexity index is 1030. The number of nitrogens with one attached hydrogen (secondary N) is 1. The average Bonchev–Trinajstić information content (AvgIpc) is 2.84. The minimum atomic E-state index is -3.48. The Morgan fingerprint density at radius 1 is 0.939 bits per heavy atom. The van der Waals surface area contributed by atoms with Gasteiger partial charge in [-0.1, -0.05) is 60.7 Å². The fourth-order valence-electron chi connectivity index (χ4n) is 4.66. The van der Waals surface area contributed by atoms with Gasteiger partial charge in [-0.3, -0.25) is 9.69 Å². The Morgan fingerprint density at radius 3 is 2.30 bits per heavy atom. The largest absolute Gasteiger partial charge is 0.352 e. The average molecular weight is 468 g/mol. The maximum atomic E-state index is 12.9. The number of hydrogen-bond donors (Lipinski definition) is 1. The van der Waals surface area contributed by atoms with E-state index in [1.54, 1.807) is 6.08 Å². The van der Waals surface area contributed by atoms with Crippen molar-refractivity contribution < 1.29 is 13.2 Å². The molecule has 2 aliphatic rings. The molecule has 176 valence electrons. The molecule has 4 rings (SSSR count). The Hall–Kier alpha value is -2.48. The first kappa shape index (κ1) is 23.7. The maximum Gasteiger partial charge on any atom is 0.236 e. The predicted molar refractivity (Wildman–Crippen MR) is 132 cm³/mol. The maximum absolute atomic E-state index is 12.9. The lowest BCUT2D eigenvalue weighted by atomic mass is 9.96. The van der Waals surface area contributed by atoms with Crippen LogP contribution in [0.15, 0.2) is 66.1 Å². The van der Waals surface area contributed by atoms with Crippen molar-refractivity contribution in [2.24, 2.45) is 5.92 Å². The number of rotatable bonds is 7. The van der Waals surface area contributed by atoms with Gasteiger partial charge in [0.2, 0.25) is 15.9 Å². The van der Waals surface area contributed by atoms with Gasteiger partial charge < -0.3 is 5.32 Å². The fourth-order valence-corrected chi connectivity index (χ4v) is 5.89. The van der Waals surface area contributed by atoms with Crippen molar-refractivity contribution in [3.63, 3.8) is 0 Å². The third-order valence-corrected chi connectivity index (χ3v) is 8.08. The van der Waals surface area contributed by atoms with Gasteiger partial charge in [-0.05, 0) is 49.4 Å². The van der Waals surface area contributed by atoms with E-state index in [0.29, 0.717) is 25.9 Å². The van der Waals surface area contributed by atoms with Crippen molar-refractivity contribution in [3.8, 4) is 0 Å². The number of sulfonamides is 1. The highest BCUT2D eigenvalue weighted by atomic mass is 32.2. The number of amides is 1. The molecule has 2 aliphatic heterocycles. The minimum absolute atomic E-state index is 0.0680. The van der Waals surface area contributed by atoms with E-state index in [1.165, 1.54) is 15.3 Å². The highest BCUT2D eigenvalue weighted by Gasteiger charge is 2.31. The normalized spacial score (nSPS) is 21.3. The van der Waals surface area contributed by atoms with E-state index in [1.807, 2.05) is 36.4 Å². The van der Waals surface area contributed by atoms with Crippen LogP contribution < -0.4 is 5.32 Å². The summed E-state index contributed by atoms with van der Waals surface area (Å²) < 4.78 is 26.8. The summed E-state index contributed by atoms with van der Waals surface area (Å²) in [5.74, 6) is -0.0579. The molecule has 7 heteroatoms. The first-order chi connectivity index (χ1) is 16.0. The molecule has 0 aliphatic carbocycles. The van der Waals surface area contributed by atoms with Gasteiger partial charge in [0.1, 0.15) is 0 Å². The Labute approximate surface area is 197 Å². The van der Waals surface area contributed by atoms with E-state index >= 15 is 0 Å². The number of piperidine rings is 2. The quantitative estimate of drug-likeness (QED) is 0.677. The molecule has 0 radical (unpaired) electrons. The molecule has 6 nitrogen and oxygen atoms in total. The highest BCUT2D eigenvalue weighted by molar-refractivity contribution is 7.92. The van der Waals surface area contributed by atoms with Crippen LogP contribution in [0, 0.1) is 5.92 Å². The van der Waals surface area contributed by atoms with Crippen LogP contribution in [-0.2, 0) is 21.4 Å². The molecule has 1 unspecified atom stereocenters. The van der Waals surface area contributed by atoms with Crippen LogP contribution in [0.2, 0.25) is 0 Å². The van der Waals surface area contributed by atoms with Gasteiger partial charge in [-0.15, -0.1) is 0 Å². The summed E-state index contributed by atoms with van der Waals surface area (Å²) in [7, 11) is -3.48. The minimum Gasteiger partial charge on any atom is -0.352 e. The second-order valence-electron chi connectivity index (χ2n) is 9.00. The summed E-state index contributed by atoms with van der Waals surface area (Å²) in [5, 5.41) is 4.51. The third-order valence-electron chi connectivity index (χ3n) is 6.52. The van der Waals surface area contributed by atoms with Gasteiger partial charge in [0.05, 0.1) is 0 Å². The third kappa shape index (κ3) is 6.76. The van der Waals surface area contributed by atoms with Crippen molar-refractivity contribution in [1.82, 2.24) is 14.5 Å². The predicted octanol–water partition coefficient (Wildman–Crippen LogP) is 3.48. The molecule has 0 aromatic heterocycles. The summed E-state index contributed by atoms with van der Waals surface area (Å²) in [6, 6.07) is 20.0. The Morgan fingerprint density at radius 2 is 1.61 bits per heavy atom. The molecule has 2 aromatic carbocycles. The molecule has 1 atom stereocenters. The van der Waals surface area contributed by atoms with Crippen LogP contribution in [0.25, 0.3) is 6.08 Å². The molecule has 0 spiro atoms. The lowest BCUT2D eigenvalue weighted by molar-refractivity contribution is -0.127. The molecule has 2 saturated heterocycles. The van der Waals surface area contributed by atoms with Crippen LogP contribution in [0.5, 0.6) is 0 Å². The van der Waals surface area contributed by atoms with Crippen molar-refractivity contribution in [3.05, 3.63) is 77.2 Å². The lowest BCUT2D eigenvalue weighted by Crippen LogP contribution is -2.50. The second-order valence-corrected chi connectivity index (χ2v) is 10.8. The van der Waals surface area contributed by atoms with Gasteiger partial charge in [0, 0.05) is 43.5 Å². The zero-order chi connectivity index (χ0) is 23.1. The molecular formula is C26H33N3O3S. The Kier molecular flexibility index (Phi) is 7.96. The van der Waals surface area contributed by atoms with Crippen LogP contribution in [0.3, 0.4) is 0 Å². The first-order valence-electron chi connectivity index (χ1n) is 11.8. The summed E-state index contributed by atoms with van der Waals surface area (Å²) in [6.45, 7) is 3.57. The number of benzene rings is 2. The molecule has 0 saturated carbocycles. The zero-order valence-electron chi connectivity index (χ0n) is 19.0. The van der Waals surface area contributed by atoms with E-state index in [9.17, 15) is 13.2 Å². The van der Waals surface area contributed by atoms with E-state index in [4.69, 9.17) is 0 Å². The van der Waals surface area contributed by atoms with Crippen LogP contribution in [-0.4, -0.2) is 55.8 Å². The summed E-state index contributed by atoms with van der Waals surface area (Å²) in [6.07, 6.45) is 4.81. The molecular weight excluding hydrogens is 434 g/mol. The monoisotopic (exact) mass is 467 g/mol. The number of hydrogen-bond acceptors (Lipinski definition) is 4. The molecule has 1 amide bonds. The number of carbonyl (C=O) groups is 1. The van der Waals surface area contributed by atoms with Gasteiger partial charge in [0.25, 0.3) is 0 Å². The smallest absolute Gasteiger partial charge is 0.236 e. The molecule has 0 bridgehead atoms. The lowest BCUT2D eigenvalue weighted by Gasteiger charge is -2.35. The van der Waals surface area contributed by atoms with Gasteiger partial charge in [-0.2, -0.15) is 4.31 Å². The van der Waals surface area contributed by atoms with Crippen molar-refractivity contribution in [2.45, 2.75) is 38.3 Å². The van der Waals surface area contributed by atoms with Gasteiger partial charge >= 0.3 is 0 Å². The molecule has 33 heavy (non-hydrogen) atoms. The SMILES string of the molecule is O=C(NC1CCCN(Cc2ccccc2)C1)C1CCN(S(=O)(=O)C=Cc2ccccc2)CC1. The molecule has 2 heterocycles. The summed E-state index contributed by atoms with van der Waals surface area (Å²) >= 11 is 0. The van der Waals surface area contributed by atoms with Crippen LogP contribution >= 0.6 is 0 Å². The summed E-state index contributed by atoms with van der Waals surface area (Å²) in [4.78, 5) is 15.3. The molecule has 2 aromatic rings. The number of carbonyl (C=O) groups excluding carboxylic acids is 1. The van der Waals surface area contributed by atoms with Gasteiger partial charge in [0.15, 0.2) is 0 Å². The first-order valence-corrected chi connectivity index (χ1v) is 13.3. The Balaban J connectivity index is 1.25. The highest BCUT2D eigenvalue weighted by Crippen LogP contribution is 2.22. The second kappa shape index (κ2) is 11.1. The standard InChI is InChI=1S/C26H33N3O3S/c30-26(27-25-12-7-16-28(21-25)20-23-10-5-2-6-11-23)24-13-17-29(18-14-24)33(31,32)19-15-22-8-3-1-4-9-22/h1-6,8-11,15,19,24-25H,7,12-14,16-18,20-21H2,(H,27,30). The van der Waals surface area contributed by atoms with Gasteiger partial charge in [-0.25, -0.2) is 8.42 Å². The zero-order valence-corrected chi connectivity index (χ0v) is 19.8. The van der Waals surface area contributed by atoms with Crippen molar-refractivity contribution >= 4 is 22.0 Å². The van der Waals surface area contributed by atoms with E-state index in [0.717, 1.165) is 38.0 Å². The number of nitrogens with zero attached hydrogens (tertiary/aromatic N) is 2. The molecule has 2 fully saturated rings. The number of likely N-dealkylation sites (tertiary alicyclic amines) is 1. The van der Waals surface area contributed by atoms with E-state index in [-0.39, 0.29) is 17.9 Å². The topological polar surface area (TPSA) is 69.7 Å². The van der Waals surface area contributed by atoms with Crippen molar-refractivity contribution in [2.75, 3.05) is 26.2 Å².